The highest BCUT2D eigenvalue weighted by atomic mass is 32.2. The third-order valence-corrected chi connectivity index (χ3v) is 11.7. The van der Waals surface area contributed by atoms with E-state index in [1.807, 2.05) is 59.7 Å². The minimum Gasteiger partial charge on any atom is -0.465 e. The molecular formula is C39H40N6O7S. The number of likely N-dealkylation sites (tertiary alicyclic amines) is 1. The first kappa shape index (κ1) is 35.5. The van der Waals surface area contributed by atoms with E-state index >= 15 is 0 Å². The van der Waals surface area contributed by atoms with E-state index in [2.05, 4.69) is 5.10 Å². The number of pyridine rings is 2. The SMILES string of the molecule is Cc1ccc(S(=O)(=O)n2c(-c3cnn(C(C)C)c3C)cc3c(-c4cc(=O)n(C5CN(C(=O)O)C5)cc4Oc4c(C)cccc4C)cn(C)c(=O)c32)cc1. The maximum absolute atomic E-state index is 14.7. The van der Waals surface area contributed by atoms with Crippen LogP contribution in [0.3, 0.4) is 0 Å². The summed E-state index contributed by atoms with van der Waals surface area (Å²) in [6, 6.07) is 14.8. The molecule has 0 bridgehead atoms. The molecule has 0 aliphatic carbocycles. The zero-order chi connectivity index (χ0) is 38.1. The number of nitrogens with zero attached hydrogens (tertiary/aromatic N) is 6. The van der Waals surface area contributed by atoms with E-state index in [1.54, 1.807) is 41.5 Å². The predicted molar refractivity (Wildman–Crippen MR) is 202 cm³/mol. The zero-order valence-corrected chi connectivity index (χ0v) is 31.3. The molecule has 0 atom stereocenters. The van der Waals surface area contributed by atoms with E-state index < -0.39 is 33.3 Å². The van der Waals surface area contributed by atoms with Gasteiger partial charge in [0.05, 0.1) is 29.0 Å². The Labute approximate surface area is 306 Å². The van der Waals surface area contributed by atoms with Gasteiger partial charge in [0.1, 0.15) is 11.3 Å². The second-order valence-corrected chi connectivity index (χ2v) is 15.8. The van der Waals surface area contributed by atoms with E-state index in [1.165, 1.54) is 39.3 Å². The summed E-state index contributed by atoms with van der Waals surface area (Å²) in [5, 5.41) is 14.3. The molecule has 5 heterocycles. The molecule has 14 heteroatoms. The number of hydrogen-bond acceptors (Lipinski definition) is 7. The fourth-order valence-electron chi connectivity index (χ4n) is 7.02. The highest BCUT2D eigenvalue weighted by Gasteiger charge is 2.34. The van der Waals surface area contributed by atoms with Crippen LogP contribution in [0.15, 0.2) is 87.7 Å². The molecule has 4 aromatic heterocycles. The maximum Gasteiger partial charge on any atom is 0.407 e. The molecule has 2 aromatic carbocycles. The summed E-state index contributed by atoms with van der Waals surface area (Å²) in [4.78, 5) is 40.9. The third kappa shape index (κ3) is 5.92. The van der Waals surface area contributed by atoms with Crippen LogP contribution >= 0.6 is 0 Å². The Hall–Kier alpha value is -5.89. The summed E-state index contributed by atoms with van der Waals surface area (Å²) in [5.41, 5.74) is 3.67. The van der Waals surface area contributed by atoms with E-state index in [9.17, 15) is 27.9 Å². The van der Waals surface area contributed by atoms with Gasteiger partial charge in [0.25, 0.3) is 21.1 Å². The second-order valence-electron chi connectivity index (χ2n) is 14.0. The van der Waals surface area contributed by atoms with Crippen molar-refractivity contribution in [1.82, 2.24) is 27.8 Å². The van der Waals surface area contributed by atoms with Crippen LogP contribution in [0.2, 0.25) is 0 Å². The number of rotatable bonds is 8. The minimum absolute atomic E-state index is 0.000705. The van der Waals surface area contributed by atoms with Gasteiger partial charge in [-0.25, -0.2) is 17.2 Å². The van der Waals surface area contributed by atoms with Crippen LogP contribution in [0.25, 0.3) is 33.3 Å². The Kier molecular flexibility index (Phi) is 8.68. The second kappa shape index (κ2) is 13.0. The average molecular weight is 737 g/mol. The Balaban J connectivity index is 1.55. The number of benzene rings is 2. The number of para-hydroxylation sites is 1. The molecule has 1 N–H and O–H groups in total. The molecule has 1 aliphatic rings. The van der Waals surface area contributed by atoms with Crippen molar-refractivity contribution < 1.29 is 23.1 Å². The highest BCUT2D eigenvalue weighted by molar-refractivity contribution is 7.90. The van der Waals surface area contributed by atoms with Crippen molar-refractivity contribution in [2.75, 3.05) is 13.1 Å². The van der Waals surface area contributed by atoms with Crippen LogP contribution in [0, 0.1) is 27.7 Å². The number of fused-ring (bicyclic) bond motifs is 1. The molecular weight excluding hydrogens is 697 g/mol. The molecule has 53 heavy (non-hydrogen) atoms. The Morgan fingerprint density at radius 2 is 1.58 bits per heavy atom. The molecule has 1 amide bonds. The molecule has 274 valence electrons. The lowest BCUT2D eigenvalue weighted by Gasteiger charge is -2.38. The van der Waals surface area contributed by atoms with Gasteiger partial charge in [-0.2, -0.15) is 5.10 Å². The van der Waals surface area contributed by atoms with E-state index in [0.717, 1.165) is 20.7 Å². The minimum atomic E-state index is -4.37. The molecule has 6 aromatic rings. The van der Waals surface area contributed by atoms with E-state index in [-0.39, 0.29) is 41.0 Å². The number of aromatic nitrogens is 5. The smallest absolute Gasteiger partial charge is 0.407 e. The molecule has 0 saturated carbocycles. The lowest BCUT2D eigenvalue weighted by atomic mass is 10.0. The van der Waals surface area contributed by atoms with Gasteiger partial charge in [-0.15, -0.1) is 0 Å². The standard InChI is InChI=1S/C39H40N6O7S/c1-22(2)44-26(6)31(17-40-44)33-15-30-32(20-41(7)38(47)36(30)45(33)53(50,51)28-13-11-23(3)12-14-28)29-16-35(46)43(27-18-42(19-27)39(48)49)21-34(29)52-37-24(4)9-8-10-25(37)5/h8-17,20-22,27H,18-19H2,1-7H3,(H,48,49). The van der Waals surface area contributed by atoms with Crippen molar-refractivity contribution in [2.24, 2.45) is 7.05 Å². The number of carbonyl (C=O) groups is 1. The fourth-order valence-corrected chi connectivity index (χ4v) is 8.53. The van der Waals surface area contributed by atoms with Gasteiger partial charge in [0.15, 0.2) is 5.75 Å². The molecule has 7 rings (SSSR count). The summed E-state index contributed by atoms with van der Waals surface area (Å²) in [6.07, 6.45) is 3.68. The first-order valence-corrected chi connectivity index (χ1v) is 18.6. The van der Waals surface area contributed by atoms with Crippen LogP contribution in [0.1, 0.15) is 48.3 Å². The number of hydrogen-bond donors (Lipinski definition) is 1. The Morgan fingerprint density at radius 3 is 2.19 bits per heavy atom. The summed E-state index contributed by atoms with van der Waals surface area (Å²) in [6.45, 7) is 11.7. The maximum atomic E-state index is 14.7. The predicted octanol–water partition coefficient (Wildman–Crippen LogP) is 6.41. The first-order chi connectivity index (χ1) is 25.1. The highest BCUT2D eigenvalue weighted by Crippen LogP contribution is 2.42. The molecule has 0 spiro atoms. The van der Waals surface area contributed by atoms with Crippen molar-refractivity contribution in [3.05, 3.63) is 116 Å². The van der Waals surface area contributed by atoms with Crippen molar-refractivity contribution in [1.29, 1.82) is 0 Å². The monoisotopic (exact) mass is 736 g/mol. The molecule has 1 aliphatic heterocycles. The van der Waals surface area contributed by atoms with Crippen LogP contribution in [-0.4, -0.2) is 60.5 Å². The summed E-state index contributed by atoms with van der Waals surface area (Å²) in [7, 11) is -2.84. The Morgan fingerprint density at radius 1 is 0.925 bits per heavy atom. The van der Waals surface area contributed by atoms with Gasteiger partial charge < -0.3 is 23.9 Å². The van der Waals surface area contributed by atoms with Gasteiger partial charge >= 0.3 is 6.09 Å². The van der Waals surface area contributed by atoms with Crippen LogP contribution < -0.4 is 15.9 Å². The number of ether oxygens (including phenoxy) is 1. The molecule has 0 radical (unpaired) electrons. The quantitative estimate of drug-likeness (QED) is 0.188. The van der Waals surface area contributed by atoms with E-state index in [0.29, 0.717) is 33.5 Å². The third-order valence-electron chi connectivity index (χ3n) is 9.94. The number of aryl methyl sites for hydroxylation is 4. The van der Waals surface area contributed by atoms with Gasteiger partial charge in [0, 0.05) is 66.2 Å². The summed E-state index contributed by atoms with van der Waals surface area (Å²) < 4.78 is 41.7. The molecule has 13 nitrogen and oxygen atoms in total. The van der Waals surface area contributed by atoms with Crippen molar-refractivity contribution >= 4 is 27.0 Å². The number of amides is 1. The largest absolute Gasteiger partial charge is 0.465 e. The molecule has 0 unspecified atom stereocenters. The average Bonchev–Trinajstić information content (AvgIpc) is 3.66. The lowest BCUT2D eigenvalue weighted by Crippen LogP contribution is -2.52. The first-order valence-electron chi connectivity index (χ1n) is 17.2. The summed E-state index contributed by atoms with van der Waals surface area (Å²) >= 11 is 0. The van der Waals surface area contributed by atoms with Crippen LogP contribution in [0.5, 0.6) is 11.5 Å². The zero-order valence-electron chi connectivity index (χ0n) is 30.5. The summed E-state index contributed by atoms with van der Waals surface area (Å²) in [5.74, 6) is 0.841. The topological polar surface area (TPSA) is 151 Å². The van der Waals surface area contributed by atoms with Gasteiger partial charge in [-0.1, -0.05) is 35.9 Å². The fraction of sp³-hybridized carbons (Fsp3) is 0.282. The van der Waals surface area contributed by atoms with Crippen LogP contribution in [-0.2, 0) is 17.1 Å². The van der Waals surface area contributed by atoms with Crippen molar-refractivity contribution in [2.45, 2.75) is 58.5 Å². The van der Waals surface area contributed by atoms with E-state index in [4.69, 9.17) is 4.74 Å². The van der Waals surface area contributed by atoms with Gasteiger partial charge in [-0.05, 0) is 70.9 Å². The number of carboxylic acid groups (broad SMARTS) is 1. The molecule has 1 saturated heterocycles. The normalized spacial score (nSPS) is 13.5. The van der Waals surface area contributed by atoms with Crippen LogP contribution in [0.4, 0.5) is 4.79 Å². The lowest BCUT2D eigenvalue weighted by molar-refractivity contribution is 0.0842. The molecule has 1 fully saturated rings. The Bertz CT molecular complexity index is 2660. The van der Waals surface area contributed by atoms with Crippen molar-refractivity contribution in [3.8, 4) is 33.9 Å². The van der Waals surface area contributed by atoms with Gasteiger partial charge in [-0.3, -0.25) is 14.3 Å². The van der Waals surface area contributed by atoms with Crippen molar-refractivity contribution in [3.63, 3.8) is 0 Å². The van der Waals surface area contributed by atoms with Gasteiger partial charge in [0.2, 0.25) is 0 Å².